The lowest BCUT2D eigenvalue weighted by Gasteiger charge is -2.53. The third-order valence-corrected chi connectivity index (χ3v) is 10.8. The van der Waals surface area contributed by atoms with Crippen LogP contribution in [0.2, 0.25) is 0 Å². The Labute approximate surface area is 198 Å². The van der Waals surface area contributed by atoms with Crippen molar-refractivity contribution in [1.82, 2.24) is 0 Å². The zero-order chi connectivity index (χ0) is 23.6. The van der Waals surface area contributed by atoms with Crippen molar-refractivity contribution in [3.8, 4) is 0 Å². The zero-order valence-corrected chi connectivity index (χ0v) is 21.0. The molecule has 1 saturated carbocycles. The molecule has 10 unspecified atom stereocenters. The molecular weight excluding hydrogens is 412 g/mol. The maximum absolute atomic E-state index is 11.5. The fraction of sp³-hybridized carbons (Fsp3) is 0.724. The van der Waals surface area contributed by atoms with E-state index in [4.69, 9.17) is 9.47 Å². The van der Waals surface area contributed by atoms with Gasteiger partial charge in [0.25, 0.3) is 0 Å². The van der Waals surface area contributed by atoms with Crippen molar-refractivity contribution in [2.75, 3.05) is 0 Å². The van der Waals surface area contributed by atoms with Crippen LogP contribution >= 0.6 is 0 Å². The molecule has 0 aromatic heterocycles. The molecule has 3 heterocycles. The Morgan fingerprint density at radius 3 is 2.39 bits per heavy atom. The Bertz CT molecular complexity index is 1000. The Hall–Kier alpha value is -1.20. The Balaban J connectivity index is 1.48. The second-order valence-corrected chi connectivity index (χ2v) is 12.7. The molecule has 1 spiro atoms. The average molecular weight is 453 g/mol. The Morgan fingerprint density at radius 1 is 0.939 bits per heavy atom. The number of rotatable bonds is 0. The van der Waals surface area contributed by atoms with Crippen LogP contribution in [0.1, 0.15) is 67.2 Å². The summed E-state index contributed by atoms with van der Waals surface area (Å²) in [6.07, 6.45) is 14.3. The number of hydrogen-bond donors (Lipinski definition) is 2. The maximum atomic E-state index is 11.5. The minimum atomic E-state index is -0.952. The molecule has 0 amide bonds. The largest absolute Gasteiger partial charge is 0.389 e. The Morgan fingerprint density at radius 2 is 1.70 bits per heavy atom. The first-order valence-electron chi connectivity index (χ1n) is 13.0. The minimum absolute atomic E-state index is 0.00690. The van der Waals surface area contributed by atoms with Gasteiger partial charge in [-0.2, -0.15) is 0 Å². The molecule has 0 aromatic rings. The molecule has 180 valence electrons. The van der Waals surface area contributed by atoms with Gasteiger partial charge in [-0.25, -0.2) is 0 Å². The van der Waals surface area contributed by atoms with Gasteiger partial charge in [0.2, 0.25) is 0 Å². The van der Waals surface area contributed by atoms with Gasteiger partial charge >= 0.3 is 0 Å². The van der Waals surface area contributed by atoms with Crippen molar-refractivity contribution in [2.45, 2.75) is 96.9 Å². The first kappa shape index (κ1) is 22.3. The van der Waals surface area contributed by atoms with Gasteiger partial charge < -0.3 is 19.7 Å². The fourth-order valence-corrected chi connectivity index (χ4v) is 8.49. The van der Waals surface area contributed by atoms with Crippen LogP contribution in [0.3, 0.4) is 0 Å². The molecule has 3 saturated heterocycles. The molecule has 3 aliphatic heterocycles. The summed E-state index contributed by atoms with van der Waals surface area (Å²) >= 11 is 0. The minimum Gasteiger partial charge on any atom is -0.389 e. The van der Waals surface area contributed by atoms with Crippen molar-refractivity contribution in [3.63, 3.8) is 0 Å². The first-order chi connectivity index (χ1) is 15.4. The van der Waals surface area contributed by atoms with Crippen LogP contribution in [0.25, 0.3) is 0 Å². The second kappa shape index (κ2) is 6.72. The van der Waals surface area contributed by atoms with Crippen LogP contribution < -0.4 is 0 Å². The summed E-state index contributed by atoms with van der Waals surface area (Å²) in [4.78, 5) is 0. The predicted molar refractivity (Wildman–Crippen MR) is 128 cm³/mol. The normalized spacial score (nSPS) is 54.1. The smallest absolute Gasteiger partial charge is 0.198 e. The summed E-state index contributed by atoms with van der Waals surface area (Å²) in [5.41, 5.74) is 3.50. The van der Waals surface area contributed by atoms with Gasteiger partial charge in [0, 0.05) is 23.2 Å². The molecule has 4 nitrogen and oxygen atoms in total. The second-order valence-electron chi connectivity index (χ2n) is 12.7. The molecule has 10 atom stereocenters. The van der Waals surface area contributed by atoms with Crippen molar-refractivity contribution in [2.24, 2.45) is 34.5 Å². The highest BCUT2D eigenvalue weighted by molar-refractivity contribution is 5.57. The van der Waals surface area contributed by atoms with E-state index in [1.54, 1.807) is 0 Å². The van der Waals surface area contributed by atoms with Gasteiger partial charge in [0.1, 0.15) is 6.10 Å². The van der Waals surface area contributed by atoms with Crippen molar-refractivity contribution in [1.29, 1.82) is 0 Å². The highest BCUT2D eigenvalue weighted by Gasteiger charge is 2.68. The maximum Gasteiger partial charge on any atom is 0.198 e. The highest BCUT2D eigenvalue weighted by atomic mass is 16.7. The molecule has 2 bridgehead atoms. The number of allylic oxidation sites excluding steroid dienone is 6. The predicted octanol–water partition coefficient (Wildman–Crippen LogP) is 5.08. The van der Waals surface area contributed by atoms with E-state index in [0.29, 0.717) is 5.92 Å². The number of aliphatic hydroxyl groups excluding tert-OH is 2. The van der Waals surface area contributed by atoms with Crippen LogP contribution in [0.5, 0.6) is 0 Å². The van der Waals surface area contributed by atoms with E-state index < -0.39 is 17.5 Å². The lowest BCUT2D eigenvalue weighted by molar-refractivity contribution is -0.308. The molecule has 7 aliphatic rings. The van der Waals surface area contributed by atoms with E-state index in [-0.39, 0.29) is 40.8 Å². The van der Waals surface area contributed by atoms with Crippen molar-refractivity contribution >= 4 is 0 Å². The number of fused-ring (bicyclic) bond motifs is 3. The van der Waals surface area contributed by atoms with E-state index >= 15 is 0 Å². The summed E-state index contributed by atoms with van der Waals surface area (Å²) in [6.45, 7) is 13.3. The molecule has 0 aromatic carbocycles. The van der Waals surface area contributed by atoms with Gasteiger partial charge in [0.15, 0.2) is 5.79 Å². The van der Waals surface area contributed by atoms with Crippen molar-refractivity contribution < 1.29 is 19.7 Å². The molecule has 4 heteroatoms. The third kappa shape index (κ3) is 2.67. The number of aliphatic hydroxyl groups is 2. The summed E-state index contributed by atoms with van der Waals surface area (Å²) in [6, 6.07) is 0. The molecule has 4 fully saturated rings. The topological polar surface area (TPSA) is 58.9 Å². The van der Waals surface area contributed by atoms with Crippen LogP contribution in [0.4, 0.5) is 0 Å². The van der Waals surface area contributed by atoms with Gasteiger partial charge in [-0.15, -0.1) is 0 Å². The van der Waals surface area contributed by atoms with Crippen molar-refractivity contribution in [3.05, 3.63) is 47.1 Å². The van der Waals surface area contributed by atoms with E-state index in [0.717, 1.165) is 25.7 Å². The molecule has 2 N–H and O–H groups in total. The summed E-state index contributed by atoms with van der Waals surface area (Å²) in [7, 11) is 0. The van der Waals surface area contributed by atoms with Crippen LogP contribution in [-0.2, 0) is 9.47 Å². The van der Waals surface area contributed by atoms with E-state index in [9.17, 15) is 10.2 Å². The van der Waals surface area contributed by atoms with E-state index in [1.165, 1.54) is 16.7 Å². The first-order valence-corrected chi connectivity index (χ1v) is 13.0. The lowest BCUT2D eigenvalue weighted by atomic mass is 9.50. The molecule has 33 heavy (non-hydrogen) atoms. The standard InChI is InChI=1S/C29H40O4/c1-16-21-9-10-23(32-29(16)25(31)17(2)26(3,4)33-29)24-20-8-7-18-15-19(30)11-13-27(18,5)22(20)12-14-28(21,24)6/h7-8,12,14-17,19,21,23-25,30-31H,9-11,13H2,1-6H3. The van der Waals surface area contributed by atoms with Crippen LogP contribution in [0.15, 0.2) is 47.1 Å². The highest BCUT2D eigenvalue weighted by Crippen LogP contribution is 2.65. The Kier molecular flexibility index (Phi) is 4.54. The SMILES string of the molecule is CC1C(O)C2(OC3CCC(C2C)C2(C)C=CC4=C(C=CC5=CC(O)CCC54C)C32)OC1(C)C. The summed E-state index contributed by atoms with van der Waals surface area (Å²) in [5.74, 6) is -0.242. The van der Waals surface area contributed by atoms with Gasteiger partial charge in [0.05, 0.1) is 17.8 Å². The monoisotopic (exact) mass is 452 g/mol. The zero-order valence-electron chi connectivity index (χ0n) is 21.0. The van der Waals surface area contributed by atoms with Gasteiger partial charge in [-0.05, 0) is 67.6 Å². The fourth-order valence-electron chi connectivity index (χ4n) is 8.49. The summed E-state index contributed by atoms with van der Waals surface area (Å²) < 4.78 is 13.7. The quantitative estimate of drug-likeness (QED) is 0.538. The average Bonchev–Trinajstić information content (AvgIpc) is 2.85. The number of ether oxygens (including phenoxy) is 2. The molecule has 0 radical (unpaired) electrons. The number of hydrogen-bond acceptors (Lipinski definition) is 4. The van der Waals surface area contributed by atoms with E-state index in [2.05, 4.69) is 65.8 Å². The van der Waals surface area contributed by atoms with Crippen LogP contribution in [0, 0.1) is 34.5 Å². The van der Waals surface area contributed by atoms with Gasteiger partial charge in [-0.1, -0.05) is 58.1 Å². The molecular formula is C29H40O4. The van der Waals surface area contributed by atoms with Crippen LogP contribution in [-0.4, -0.2) is 39.9 Å². The molecule has 4 aliphatic carbocycles. The third-order valence-electron chi connectivity index (χ3n) is 10.8. The van der Waals surface area contributed by atoms with Gasteiger partial charge in [-0.3, -0.25) is 0 Å². The summed E-state index contributed by atoms with van der Waals surface area (Å²) in [5, 5.41) is 21.8. The molecule has 7 rings (SSSR count). The lowest BCUT2D eigenvalue weighted by Crippen LogP contribution is -2.51. The van der Waals surface area contributed by atoms with E-state index in [1.807, 2.05) is 6.08 Å².